The molecule has 1 aromatic heterocycles. The fourth-order valence-electron chi connectivity index (χ4n) is 4.01. The topological polar surface area (TPSA) is 53.4 Å². The predicted molar refractivity (Wildman–Crippen MR) is 117 cm³/mol. The first-order valence-corrected chi connectivity index (χ1v) is 10.2. The van der Waals surface area contributed by atoms with Crippen LogP contribution >= 0.6 is 0 Å². The lowest BCUT2D eigenvalue weighted by atomic mass is 10.2. The molecular weight excluding hydrogens is 381 g/mol. The minimum absolute atomic E-state index is 0.127. The number of carbonyl (C=O) groups is 1. The molecule has 2 aromatic carbocycles. The van der Waals surface area contributed by atoms with E-state index in [1.807, 2.05) is 29.8 Å². The first-order valence-electron chi connectivity index (χ1n) is 10.2. The Balaban J connectivity index is 1.37. The van der Waals surface area contributed by atoms with Crippen LogP contribution in [-0.2, 0) is 4.79 Å². The lowest BCUT2D eigenvalue weighted by molar-refractivity contribution is -0.117. The number of nitrogens with zero attached hydrogens (tertiary/aromatic N) is 4. The van der Waals surface area contributed by atoms with Gasteiger partial charge in [-0.3, -0.25) is 9.69 Å². The lowest BCUT2D eigenvalue weighted by Crippen LogP contribution is -2.49. The van der Waals surface area contributed by atoms with Gasteiger partial charge in [0, 0.05) is 31.9 Å². The van der Waals surface area contributed by atoms with E-state index >= 15 is 0 Å². The van der Waals surface area contributed by atoms with Crippen molar-refractivity contribution in [1.82, 2.24) is 14.7 Å². The maximum Gasteiger partial charge on any atom is 0.238 e. The Labute approximate surface area is 175 Å². The molecule has 1 saturated heterocycles. The molecule has 156 valence electrons. The highest BCUT2D eigenvalue weighted by Crippen LogP contribution is 2.27. The first-order chi connectivity index (χ1) is 14.5. The van der Waals surface area contributed by atoms with Gasteiger partial charge in [0.15, 0.2) is 0 Å². The van der Waals surface area contributed by atoms with Crippen LogP contribution in [0.15, 0.2) is 54.6 Å². The van der Waals surface area contributed by atoms with Crippen molar-refractivity contribution in [3.05, 3.63) is 71.8 Å². The maximum absolute atomic E-state index is 13.3. The van der Waals surface area contributed by atoms with Crippen LogP contribution in [0.4, 0.5) is 15.8 Å². The highest BCUT2D eigenvalue weighted by Gasteiger charge is 2.24. The van der Waals surface area contributed by atoms with Gasteiger partial charge in [-0.15, -0.1) is 0 Å². The molecule has 0 bridgehead atoms. The van der Waals surface area contributed by atoms with E-state index in [0.29, 0.717) is 12.2 Å². The molecule has 3 aromatic rings. The molecule has 4 rings (SSSR count). The number of nitrogens with one attached hydrogen (secondary N) is 1. The molecule has 1 aliphatic rings. The summed E-state index contributed by atoms with van der Waals surface area (Å²) in [5.41, 5.74) is 4.84. The van der Waals surface area contributed by atoms with Crippen molar-refractivity contribution in [2.24, 2.45) is 0 Å². The molecule has 1 N–H and O–H groups in total. The number of benzene rings is 2. The Morgan fingerprint density at radius 1 is 1.03 bits per heavy atom. The van der Waals surface area contributed by atoms with Crippen LogP contribution < -0.4 is 10.2 Å². The van der Waals surface area contributed by atoms with Crippen LogP contribution in [0.5, 0.6) is 0 Å². The molecule has 7 heteroatoms. The summed E-state index contributed by atoms with van der Waals surface area (Å²) < 4.78 is 15.3. The zero-order chi connectivity index (χ0) is 21.1. The average Bonchev–Trinajstić information content (AvgIpc) is 3.03. The van der Waals surface area contributed by atoms with E-state index < -0.39 is 0 Å². The maximum atomic E-state index is 13.3. The second kappa shape index (κ2) is 8.67. The summed E-state index contributed by atoms with van der Waals surface area (Å²) in [5.74, 6) is -0.485. The normalized spacial score (nSPS) is 14.7. The molecule has 2 heterocycles. The number of aromatic nitrogens is 2. The summed E-state index contributed by atoms with van der Waals surface area (Å²) >= 11 is 0. The summed E-state index contributed by atoms with van der Waals surface area (Å²) in [6.07, 6.45) is 0. The summed E-state index contributed by atoms with van der Waals surface area (Å²) in [6, 6.07) is 16.1. The van der Waals surface area contributed by atoms with E-state index in [0.717, 1.165) is 43.3 Å². The van der Waals surface area contributed by atoms with Crippen LogP contribution in [0, 0.1) is 19.7 Å². The fraction of sp³-hybridized carbons (Fsp3) is 0.304. The van der Waals surface area contributed by atoms with Gasteiger partial charge in [-0.05, 0) is 44.2 Å². The van der Waals surface area contributed by atoms with Crippen molar-refractivity contribution >= 4 is 17.3 Å². The van der Waals surface area contributed by atoms with Gasteiger partial charge in [0.25, 0.3) is 0 Å². The molecule has 1 aliphatic heterocycles. The predicted octanol–water partition coefficient (Wildman–Crippen LogP) is 3.39. The third kappa shape index (κ3) is 4.36. The Morgan fingerprint density at radius 3 is 2.47 bits per heavy atom. The van der Waals surface area contributed by atoms with E-state index in [9.17, 15) is 9.18 Å². The van der Waals surface area contributed by atoms with Crippen molar-refractivity contribution in [2.45, 2.75) is 13.8 Å². The molecule has 6 nitrogen and oxygen atoms in total. The van der Waals surface area contributed by atoms with Crippen LogP contribution in [0.1, 0.15) is 11.4 Å². The molecule has 0 atom stereocenters. The Bertz CT molecular complexity index is 1030. The van der Waals surface area contributed by atoms with Gasteiger partial charge in [-0.1, -0.05) is 24.3 Å². The molecule has 0 spiro atoms. The van der Waals surface area contributed by atoms with Crippen molar-refractivity contribution < 1.29 is 9.18 Å². The Hall–Kier alpha value is -3.19. The van der Waals surface area contributed by atoms with E-state index in [2.05, 4.69) is 34.2 Å². The smallest absolute Gasteiger partial charge is 0.238 e. The summed E-state index contributed by atoms with van der Waals surface area (Å²) in [4.78, 5) is 16.8. The zero-order valence-electron chi connectivity index (χ0n) is 17.3. The monoisotopic (exact) mass is 407 g/mol. The highest BCUT2D eigenvalue weighted by molar-refractivity contribution is 5.92. The second-order valence-corrected chi connectivity index (χ2v) is 7.59. The third-order valence-electron chi connectivity index (χ3n) is 5.42. The third-order valence-corrected chi connectivity index (χ3v) is 5.42. The minimum Gasteiger partial charge on any atom is -0.366 e. The van der Waals surface area contributed by atoms with Gasteiger partial charge >= 0.3 is 0 Å². The van der Waals surface area contributed by atoms with Crippen molar-refractivity contribution in [3.8, 4) is 5.69 Å². The molecule has 1 fully saturated rings. The fourth-order valence-corrected chi connectivity index (χ4v) is 4.01. The van der Waals surface area contributed by atoms with Crippen molar-refractivity contribution in [1.29, 1.82) is 0 Å². The zero-order valence-corrected chi connectivity index (χ0v) is 17.3. The van der Waals surface area contributed by atoms with Crippen molar-refractivity contribution in [3.63, 3.8) is 0 Å². The number of rotatable bonds is 5. The summed E-state index contributed by atoms with van der Waals surface area (Å²) in [7, 11) is 0. The van der Waals surface area contributed by atoms with Crippen LogP contribution in [0.2, 0.25) is 0 Å². The van der Waals surface area contributed by atoms with Crippen LogP contribution in [-0.4, -0.2) is 53.3 Å². The Morgan fingerprint density at radius 2 is 1.77 bits per heavy atom. The largest absolute Gasteiger partial charge is 0.366 e. The van der Waals surface area contributed by atoms with Crippen molar-refractivity contribution in [2.75, 3.05) is 42.9 Å². The standard InChI is InChI=1S/C23H26FN5O/c1-17-23(18(2)29(26-17)21-9-4-3-5-10-21)28-13-11-27(12-14-28)16-22(30)25-20-8-6-7-19(24)15-20/h3-10,15H,11-14,16H2,1-2H3,(H,25,30). The number of para-hydroxylation sites is 1. The van der Waals surface area contributed by atoms with Gasteiger partial charge in [0.05, 0.1) is 29.3 Å². The average molecular weight is 407 g/mol. The molecule has 0 radical (unpaired) electrons. The molecular formula is C23H26FN5O. The van der Waals surface area contributed by atoms with Crippen LogP contribution in [0.25, 0.3) is 5.69 Å². The molecule has 0 unspecified atom stereocenters. The molecule has 0 saturated carbocycles. The van der Waals surface area contributed by atoms with Gasteiger partial charge in [-0.2, -0.15) is 5.10 Å². The Kier molecular flexibility index (Phi) is 5.81. The number of hydrogen-bond donors (Lipinski definition) is 1. The van der Waals surface area contributed by atoms with Gasteiger partial charge in [0.2, 0.25) is 5.91 Å². The SMILES string of the molecule is Cc1nn(-c2ccccc2)c(C)c1N1CCN(CC(=O)Nc2cccc(F)c2)CC1. The molecule has 1 amide bonds. The van der Waals surface area contributed by atoms with E-state index in [-0.39, 0.29) is 11.7 Å². The van der Waals surface area contributed by atoms with E-state index in [4.69, 9.17) is 5.10 Å². The number of halogens is 1. The lowest BCUT2D eigenvalue weighted by Gasteiger charge is -2.35. The second-order valence-electron chi connectivity index (χ2n) is 7.59. The number of hydrogen-bond acceptors (Lipinski definition) is 4. The summed E-state index contributed by atoms with van der Waals surface area (Å²) in [5, 5.41) is 7.51. The van der Waals surface area contributed by atoms with E-state index in [1.54, 1.807) is 12.1 Å². The quantitative estimate of drug-likeness (QED) is 0.705. The number of carbonyl (C=O) groups excluding carboxylic acids is 1. The van der Waals surface area contributed by atoms with Gasteiger partial charge in [-0.25, -0.2) is 9.07 Å². The van der Waals surface area contributed by atoms with Gasteiger partial charge < -0.3 is 10.2 Å². The molecule has 30 heavy (non-hydrogen) atoms. The van der Waals surface area contributed by atoms with Gasteiger partial charge in [0.1, 0.15) is 5.82 Å². The summed E-state index contributed by atoms with van der Waals surface area (Å²) in [6.45, 7) is 7.66. The number of anilines is 2. The minimum atomic E-state index is -0.358. The number of amides is 1. The number of piperazine rings is 1. The molecule has 0 aliphatic carbocycles. The van der Waals surface area contributed by atoms with Crippen LogP contribution in [0.3, 0.4) is 0 Å². The van der Waals surface area contributed by atoms with E-state index in [1.165, 1.54) is 17.8 Å². The highest BCUT2D eigenvalue weighted by atomic mass is 19.1. The first kappa shape index (κ1) is 20.1. The number of aryl methyl sites for hydroxylation is 1.